The van der Waals surface area contributed by atoms with Crippen LogP contribution in [0.2, 0.25) is 0 Å². The molecule has 1 aliphatic carbocycles. The zero-order chi connectivity index (χ0) is 15.3. The van der Waals surface area contributed by atoms with E-state index in [1.165, 1.54) is 25.7 Å². The second-order valence-corrected chi connectivity index (χ2v) is 5.61. The number of aliphatic imine (C=N–C) groups is 1. The lowest BCUT2D eigenvalue weighted by atomic mass is 10.2. The van der Waals surface area contributed by atoms with E-state index in [0.717, 1.165) is 31.4 Å². The number of rotatable bonds is 12. The van der Waals surface area contributed by atoms with Gasteiger partial charge in [-0.05, 0) is 25.2 Å². The minimum atomic E-state index is 0.615. The van der Waals surface area contributed by atoms with Gasteiger partial charge in [-0.25, -0.2) is 0 Å². The Labute approximate surface area is 129 Å². The van der Waals surface area contributed by atoms with Crippen LogP contribution in [0.15, 0.2) is 4.99 Å². The number of hydrogen-bond acceptors (Lipinski definition) is 3. The van der Waals surface area contributed by atoms with Gasteiger partial charge in [0.05, 0.1) is 19.8 Å². The summed E-state index contributed by atoms with van der Waals surface area (Å²) in [5.74, 6) is 1.73. The van der Waals surface area contributed by atoms with Gasteiger partial charge in [-0.1, -0.05) is 26.7 Å². The largest absolute Gasteiger partial charge is 0.379 e. The second kappa shape index (κ2) is 11.8. The summed E-state index contributed by atoms with van der Waals surface area (Å²) in [5.41, 5.74) is 0. The molecule has 0 aromatic heterocycles. The fraction of sp³-hybridized carbons (Fsp3) is 0.938. The molecule has 0 amide bonds. The molecule has 0 spiro atoms. The Morgan fingerprint density at radius 2 is 1.86 bits per heavy atom. The molecule has 0 saturated heterocycles. The minimum absolute atomic E-state index is 0.615. The van der Waals surface area contributed by atoms with Crippen LogP contribution in [-0.4, -0.2) is 52.0 Å². The highest BCUT2D eigenvalue weighted by molar-refractivity contribution is 5.80. The molecule has 0 bridgehead atoms. The van der Waals surface area contributed by atoms with Gasteiger partial charge < -0.3 is 20.1 Å². The third kappa shape index (κ3) is 8.94. The highest BCUT2D eigenvalue weighted by Gasteiger charge is 2.36. The molecule has 21 heavy (non-hydrogen) atoms. The van der Waals surface area contributed by atoms with E-state index < -0.39 is 0 Å². The van der Waals surface area contributed by atoms with Crippen LogP contribution in [0.1, 0.15) is 46.0 Å². The van der Waals surface area contributed by atoms with E-state index in [2.05, 4.69) is 29.5 Å². The molecule has 5 heteroatoms. The highest BCUT2D eigenvalue weighted by atomic mass is 16.5. The van der Waals surface area contributed by atoms with E-state index in [1.54, 1.807) is 0 Å². The van der Waals surface area contributed by atoms with Crippen LogP contribution in [0.25, 0.3) is 0 Å². The lowest BCUT2D eigenvalue weighted by molar-refractivity contribution is 0.0487. The maximum Gasteiger partial charge on any atom is 0.191 e. The van der Waals surface area contributed by atoms with Crippen molar-refractivity contribution in [3.8, 4) is 0 Å². The predicted octanol–water partition coefficient (Wildman–Crippen LogP) is 2.17. The first-order valence-electron chi connectivity index (χ1n) is 8.44. The molecule has 5 nitrogen and oxygen atoms in total. The number of nitrogens with zero attached hydrogens (tertiary/aromatic N) is 1. The Balaban J connectivity index is 1.91. The molecule has 2 unspecified atom stereocenters. The summed E-state index contributed by atoms with van der Waals surface area (Å²) in [4.78, 5) is 4.24. The van der Waals surface area contributed by atoms with Gasteiger partial charge in [0.25, 0.3) is 0 Å². The molecular formula is C16H33N3O2. The van der Waals surface area contributed by atoms with Crippen LogP contribution in [0.3, 0.4) is 0 Å². The lowest BCUT2D eigenvalue weighted by Crippen LogP contribution is -2.40. The van der Waals surface area contributed by atoms with Crippen LogP contribution in [0.4, 0.5) is 0 Å². The highest BCUT2D eigenvalue weighted by Crippen LogP contribution is 2.34. The van der Waals surface area contributed by atoms with Crippen molar-refractivity contribution >= 4 is 5.96 Å². The summed E-state index contributed by atoms with van der Waals surface area (Å²) in [6.45, 7) is 8.06. The quantitative estimate of drug-likeness (QED) is 0.329. The number of ether oxygens (including phenoxy) is 2. The summed E-state index contributed by atoms with van der Waals surface area (Å²) in [6.07, 6.45) is 6.17. The third-order valence-electron chi connectivity index (χ3n) is 3.68. The first-order valence-corrected chi connectivity index (χ1v) is 8.44. The smallest absolute Gasteiger partial charge is 0.191 e. The third-order valence-corrected chi connectivity index (χ3v) is 3.68. The van der Waals surface area contributed by atoms with Crippen molar-refractivity contribution in [2.75, 3.05) is 40.0 Å². The molecule has 0 heterocycles. The first-order chi connectivity index (χ1) is 10.3. The zero-order valence-electron chi connectivity index (χ0n) is 14.0. The number of hydrogen-bond donors (Lipinski definition) is 2. The van der Waals surface area contributed by atoms with Crippen LogP contribution < -0.4 is 10.6 Å². The van der Waals surface area contributed by atoms with Crippen molar-refractivity contribution in [1.29, 1.82) is 0 Å². The fourth-order valence-electron chi connectivity index (χ4n) is 2.29. The summed E-state index contributed by atoms with van der Waals surface area (Å²) in [5, 5.41) is 6.75. The van der Waals surface area contributed by atoms with Crippen molar-refractivity contribution in [3.05, 3.63) is 0 Å². The molecule has 0 aromatic carbocycles. The normalized spacial score (nSPS) is 21.4. The molecule has 0 radical (unpaired) electrons. The van der Waals surface area contributed by atoms with Crippen LogP contribution in [0.5, 0.6) is 0 Å². The van der Waals surface area contributed by atoms with Crippen molar-refractivity contribution in [2.24, 2.45) is 10.9 Å². The first kappa shape index (κ1) is 18.2. The average Bonchev–Trinajstić information content (AvgIpc) is 3.22. The van der Waals surface area contributed by atoms with Crippen molar-refractivity contribution < 1.29 is 9.47 Å². The Morgan fingerprint density at radius 3 is 2.52 bits per heavy atom. The summed E-state index contributed by atoms with van der Waals surface area (Å²) >= 11 is 0. The van der Waals surface area contributed by atoms with E-state index >= 15 is 0 Å². The van der Waals surface area contributed by atoms with Gasteiger partial charge in [-0.2, -0.15) is 0 Å². The van der Waals surface area contributed by atoms with E-state index in [4.69, 9.17) is 9.47 Å². The summed E-state index contributed by atoms with van der Waals surface area (Å²) < 4.78 is 11.0. The standard InChI is InChI=1S/C16H33N3O2/c1-4-6-9-20-11-12-21-10-8-18-16(17-3)19-15-13-14(15)7-5-2/h14-15H,4-13H2,1-3H3,(H2,17,18,19). The Morgan fingerprint density at radius 1 is 1.10 bits per heavy atom. The SMILES string of the molecule is CCCCOCCOCCNC(=NC)NC1CC1CCC. The zero-order valence-corrected chi connectivity index (χ0v) is 14.0. The van der Waals surface area contributed by atoms with Gasteiger partial charge in [0, 0.05) is 26.2 Å². The van der Waals surface area contributed by atoms with Gasteiger partial charge in [-0.3, -0.25) is 4.99 Å². The van der Waals surface area contributed by atoms with Crippen LogP contribution >= 0.6 is 0 Å². The molecule has 2 N–H and O–H groups in total. The van der Waals surface area contributed by atoms with Crippen LogP contribution in [-0.2, 0) is 9.47 Å². The second-order valence-electron chi connectivity index (χ2n) is 5.61. The monoisotopic (exact) mass is 299 g/mol. The average molecular weight is 299 g/mol. The molecular weight excluding hydrogens is 266 g/mol. The van der Waals surface area contributed by atoms with E-state index in [0.29, 0.717) is 25.9 Å². The van der Waals surface area contributed by atoms with E-state index in [9.17, 15) is 0 Å². The topological polar surface area (TPSA) is 54.9 Å². The Kier molecular flexibility index (Phi) is 10.3. The molecule has 1 fully saturated rings. The van der Waals surface area contributed by atoms with Crippen molar-refractivity contribution in [3.63, 3.8) is 0 Å². The number of unbranched alkanes of at least 4 members (excludes halogenated alkanes) is 1. The molecule has 124 valence electrons. The van der Waals surface area contributed by atoms with Crippen LogP contribution in [0, 0.1) is 5.92 Å². The van der Waals surface area contributed by atoms with Gasteiger partial charge in [0.15, 0.2) is 5.96 Å². The number of nitrogens with one attached hydrogen (secondary N) is 2. The minimum Gasteiger partial charge on any atom is -0.379 e. The van der Waals surface area contributed by atoms with Crippen molar-refractivity contribution in [2.45, 2.75) is 52.0 Å². The Bertz CT molecular complexity index is 285. The molecule has 1 aliphatic rings. The van der Waals surface area contributed by atoms with E-state index in [1.807, 2.05) is 7.05 Å². The maximum absolute atomic E-state index is 5.52. The van der Waals surface area contributed by atoms with Gasteiger partial charge in [0.1, 0.15) is 0 Å². The predicted molar refractivity (Wildman–Crippen MR) is 87.8 cm³/mol. The molecule has 1 rings (SSSR count). The molecule has 0 aromatic rings. The maximum atomic E-state index is 5.52. The molecule has 2 atom stereocenters. The lowest BCUT2D eigenvalue weighted by Gasteiger charge is -2.12. The summed E-state index contributed by atoms with van der Waals surface area (Å²) in [6, 6.07) is 0.615. The molecule has 0 aliphatic heterocycles. The molecule has 1 saturated carbocycles. The van der Waals surface area contributed by atoms with Gasteiger partial charge in [0.2, 0.25) is 0 Å². The Hall–Kier alpha value is -0.810. The van der Waals surface area contributed by atoms with Gasteiger partial charge >= 0.3 is 0 Å². The fourth-order valence-corrected chi connectivity index (χ4v) is 2.29. The number of guanidine groups is 1. The van der Waals surface area contributed by atoms with Gasteiger partial charge in [-0.15, -0.1) is 0 Å². The van der Waals surface area contributed by atoms with Crippen molar-refractivity contribution in [1.82, 2.24) is 10.6 Å². The van der Waals surface area contributed by atoms with E-state index in [-0.39, 0.29) is 0 Å². The summed E-state index contributed by atoms with van der Waals surface area (Å²) in [7, 11) is 1.81.